The molecule has 4 N–H and O–H groups in total. The van der Waals surface area contributed by atoms with Crippen molar-refractivity contribution in [3.05, 3.63) is 24.3 Å². The first-order valence-electron chi connectivity index (χ1n) is 31.2. The predicted octanol–water partition coefficient (Wildman–Crippen LogP) is 19.6. The van der Waals surface area contributed by atoms with Crippen molar-refractivity contribution in [2.24, 2.45) is 0 Å². The van der Waals surface area contributed by atoms with Gasteiger partial charge in [0.15, 0.2) is 0 Å². The number of carbonyl (C=O) groups is 1. The van der Waals surface area contributed by atoms with Gasteiger partial charge in [-0.1, -0.05) is 327 Å². The monoisotopic (exact) mass is 958 g/mol. The minimum absolute atomic E-state index is 0.360. The summed E-state index contributed by atoms with van der Waals surface area (Å²) in [5, 5.41) is 33.5. The van der Waals surface area contributed by atoms with Gasteiger partial charge >= 0.3 is 0 Å². The molecule has 5 nitrogen and oxygen atoms in total. The maximum absolute atomic E-state index is 12.6. The summed E-state index contributed by atoms with van der Waals surface area (Å²) in [7, 11) is 0. The summed E-state index contributed by atoms with van der Waals surface area (Å²) in [6, 6.07) is -0.797. The van der Waals surface area contributed by atoms with E-state index in [4.69, 9.17) is 0 Å². The van der Waals surface area contributed by atoms with Crippen LogP contribution in [0, 0.1) is 0 Å². The Morgan fingerprint density at radius 1 is 0.353 bits per heavy atom. The third-order valence-corrected chi connectivity index (χ3v) is 14.8. The second-order valence-electron chi connectivity index (χ2n) is 21.6. The summed E-state index contributed by atoms with van der Waals surface area (Å²) in [5.41, 5.74) is 0. The molecular formula is C63H123NO4. The molecule has 0 aromatic carbocycles. The van der Waals surface area contributed by atoms with E-state index in [0.717, 1.165) is 32.1 Å². The number of unbranched alkanes of at least 4 members (excludes halogenated alkanes) is 48. The summed E-state index contributed by atoms with van der Waals surface area (Å²) >= 11 is 0. The highest BCUT2D eigenvalue weighted by Gasteiger charge is 2.22. The van der Waals surface area contributed by atoms with Gasteiger partial charge in [0.2, 0.25) is 5.91 Å². The fourth-order valence-electron chi connectivity index (χ4n) is 9.95. The largest absolute Gasteiger partial charge is 0.394 e. The van der Waals surface area contributed by atoms with Crippen molar-refractivity contribution in [2.75, 3.05) is 6.61 Å². The van der Waals surface area contributed by atoms with Crippen LogP contribution in [-0.2, 0) is 4.79 Å². The number of nitrogens with one attached hydrogen (secondary N) is 1. The summed E-state index contributed by atoms with van der Waals surface area (Å²) in [5.74, 6) is -0.497. The predicted molar refractivity (Wildman–Crippen MR) is 301 cm³/mol. The van der Waals surface area contributed by atoms with Crippen LogP contribution in [0.5, 0.6) is 0 Å². The van der Waals surface area contributed by atoms with Crippen LogP contribution in [0.2, 0.25) is 0 Å². The minimum atomic E-state index is -1.10. The molecule has 5 heteroatoms. The highest BCUT2D eigenvalue weighted by molar-refractivity contribution is 5.80. The molecule has 0 radical (unpaired) electrons. The zero-order valence-electron chi connectivity index (χ0n) is 46.3. The van der Waals surface area contributed by atoms with Crippen molar-refractivity contribution in [1.29, 1.82) is 0 Å². The van der Waals surface area contributed by atoms with Crippen molar-refractivity contribution < 1.29 is 20.1 Å². The summed E-state index contributed by atoms with van der Waals surface area (Å²) < 4.78 is 0. The lowest BCUT2D eigenvalue weighted by atomic mass is 10.0. The molecule has 0 bridgehead atoms. The van der Waals surface area contributed by atoms with E-state index >= 15 is 0 Å². The van der Waals surface area contributed by atoms with Gasteiger partial charge in [-0.25, -0.2) is 0 Å². The van der Waals surface area contributed by atoms with E-state index in [2.05, 4.69) is 31.3 Å². The van der Waals surface area contributed by atoms with Gasteiger partial charge in [0.25, 0.3) is 0 Å². The molecule has 0 aromatic heterocycles. The molecule has 0 saturated carbocycles. The van der Waals surface area contributed by atoms with E-state index in [1.54, 1.807) is 6.08 Å². The lowest BCUT2D eigenvalue weighted by molar-refractivity contribution is -0.131. The van der Waals surface area contributed by atoms with Crippen molar-refractivity contribution in [1.82, 2.24) is 5.32 Å². The smallest absolute Gasteiger partial charge is 0.249 e. The van der Waals surface area contributed by atoms with E-state index in [0.29, 0.717) is 6.42 Å². The van der Waals surface area contributed by atoms with Crippen LogP contribution < -0.4 is 5.32 Å². The van der Waals surface area contributed by atoms with Gasteiger partial charge < -0.3 is 20.6 Å². The fraction of sp³-hybridized carbons (Fsp3) is 0.921. The SMILES string of the molecule is CCCCCCCCCCCCCC/C=C\CCCCCCCCCCCCCCCC(O)C(=O)NC(CO)C(O)/C=C/CCCCCCCCCCCCCCCCCCCCCCCCC. The van der Waals surface area contributed by atoms with E-state index in [1.165, 1.54) is 295 Å². The molecule has 3 unspecified atom stereocenters. The number of rotatable bonds is 58. The van der Waals surface area contributed by atoms with Gasteiger partial charge in [-0.2, -0.15) is 0 Å². The molecule has 404 valence electrons. The van der Waals surface area contributed by atoms with E-state index < -0.39 is 24.2 Å². The molecule has 0 fully saturated rings. The van der Waals surface area contributed by atoms with Crippen LogP contribution in [0.15, 0.2) is 24.3 Å². The van der Waals surface area contributed by atoms with Crippen molar-refractivity contribution in [2.45, 2.75) is 366 Å². The first kappa shape index (κ1) is 66.8. The Hall–Kier alpha value is -1.17. The van der Waals surface area contributed by atoms with Crippen molar-refractivity contribution >= 4 is 5.91 Å². The Kier molecular flexibility index (Phi) is 57.4. The Bertz CT molecular complexity index is 1010. The minimum Gasteiger partial charge on any atom is -0.394 e. The quantitative estimate of drug-likeness (QED) is 0.0361. The highest BCUT2D eigenvalue weighted by Crippen LogP contribution is 2.18. The number of aliphatic hydroxyl groups excluding tert-OH is 3. The van der Waals surface area contributed by atoms with Crippen molar-refractivity contribution in [3.8, 4) is 0 Å². The molecule has 0 spiro atoms. The van der Waals surface area contributed by atoms with E-state index in [1.807, 2.05) is 6.08 Å². The number of hydrogen-bond donors (Lipinski definition) is 4. The summed E-state index contributed by atoms with van der Waals surface area (Å²) in [4.78, 5) is 12.6. The Labute approximate surface area is 426 Å². The molecule has 0 rings (SSSR count). The number of carbonyl (C=O) groups excluding carboxylic acids is 1. The average Bonchev–Trinajstić information content (AvgIpc) is 3.34. The van der Waals surface area contributed by atoms with Crippen LogP contribution in [0.4, 0.5) is 0 Å². The lowest BCUT2D eigenvalue weighted by Crippen LogP contribution is -2.48. The molecule has 0 aliphatic rings. The fourth-order valence-corrected chi connectivity index (χ4v) is 9.95. The third kappa shape index (κ3) is 52.6. The van der Waals surface area contributed by atoms with Gasteiger partial charge in [-0.15, -0.1) is 0 Å². The van der Waals surface area contributed by atoms with Crippen LogP contribution >= 0.6 is 0 Å². The molecule has 0 aliphatic heterocycles. The normalized spacial score (nSPS) is 13.3. The van der Waals surface area contributed by atoms with Crippen LogP contribution in [-0.4, -0.2) is 46.1 Å². The maximum Gasteiger partial charge on any atom is 0.249 e. The standard InChI is InChI=1S/C63H123NO4/c1-3-5-7-9-11-13-15-17-19-21-23-25-27-29-30-31-32-34-36-38-40-42-44-46-48-50-52-54-56-58-62(67)63(68)64-60(59-65)61(66)57-55-53-51-49-47-45-43-41-39-37-35-33-28-26-24-22-20-18-16-14-12-10-8-6-4-2/h29-30,55,57,60-62,65-67H,3-28,31-54,56,58-59H2,1-2H3,(H,64,68)/b30-29-,57-55+. The third-order valence-electron chi connectivity index (χ3n) is 14.8. The average molecular weight is 959 g/mol. The van der Waals surface area contributed by atoms with Gasteiger partial charge in [0.05, 0.1) is 18.8 Å². The number of allylic oxidation sites excluding steroid dienone is 3. The van der Waals surface area contributed by atoms with E-state index in [9.17, 15) is 20.1 Å². The molecule has 1 amide bonds. The molecule has 0 heterocycles. The Morgan fingerprint density at radius 2 is 0.588 bits per heavy atom. The first-order chi connectivity index (χ1) is 33.6. The van der Waals surface area contributed by atoms with Gasteiger partial charge in [0, 0.05) is 0 Å². The zero-order valence-corrected chi connectivity index (χ0v) is 46.3. The number of hydrogen-bond acceptors (Lipinski definition) is 4. The van der Waals surface area contributed by atoms with Crippen LogP contribution in [0.1, 0.15) is 348 Å². The lowest BCUT2D eigenvalue weighted by Gasteiger charge is -2.21. The molecule has 0 aliphatic carbocycles. The molecule has 68 heavy (non-hydrogen) atoms. The molecule has 0 aromatic rings. The Morgan fingerprint density at radius 3 is 0.853 bits per heavy atom. The number of aliphatic hydroxyl groups is 3. The van der Waals surface area contributed by atoms with Crippen LogP contribution in [0.25, 0.3) is 0 Å². The van der Waals surface area contributed by atoms with Gasteiger partial charge in [-0.3, -0.25) is 4.79 Å². The molecule has 0 saturated heterocycles. The second kappa shape index (κ2) is 58.4. The van der Waals surface area contributed by atoms with Gasteiger partial charge in [-0.05, 0) is 44.9 Å². The summed E-state index contributed by atoms with van der Waals surface area (Å²) in [6.45, 7) is 4.23. The second-order valence-corrected chi connectivity index (χ2v) is 21.6. The van der Waals surface area contributed by atoms with E-state index in [-0.39, 0.29) is 6.61 Å². The summed E-state index contributed by atoms with van der Waals surface area (Å²) in [6.07, 6.45) is 75.7. The Balaban J connectivity index is 3.53. The maximum atomic E-state index is 12.6. The zero-order chi connectivity index (χ0) is 49.3. The van der Waals surface area contributed by atoms with Crippen LogP contribution in [0.3, 0.4) is 0 Å². The topological polar surface area (TPSA) is 89.8 Å². The number of amides is 1. The van der Waals surface area contributed by atoms with Gasteiger partial charge in [0.1, 0.15) is 6.10 Å². The molecule has 3 atom stereocenters. The first-order valence-corrected chi connectivity index (χ1v) is 31.2. The highest BCUT2D eigenvalue weighted by atomic mass is 16.3. The molecular weight excluding hydrogens is 835 g/mol. The van der Waals surface area contributed by atoms with Crippen molar-refractivity contribution in [3.63, 3.8) is 0 Å².